The molecule has 0 saturated carbocycles. The van der Waals surface area contributed by atoms with Gasteiger partial charge in [0.2, 0.25) is 5.91 Å². The molecular weight excluding hydrogens is 260 g/mol. The third-order valence-electron chi connectivity index (χ3n) is 2.72. The summed E-state index contributed by atoms with van der Waals surface area (Å²) in [5.41, 5.74) is 6.19. The fourth-order valence-corrected chi connectivity index (χ4v) is 2.53. The highest BCUT2D eigenvalue weighted by molar-refractivity contribution is 7.09. The van der Waals surface area contributed by atoms with Crippen LogP contribution in [-0.4, -0.2) is 22.2 Å². The molecule has 0 aliphatic carbocycles. The first-order valence-corrected chi connectivity index (χ1v) is 7.19. The Labute approximate surface area is 116 Å². The van der Waals surface area contributed by atoms with Gasteiger partial charge in [-0.1, -0.05) is 6.07 Å². The Hall–Kier alpha value is -1.82. The Bertz CT molecular complexity index is 506. The summed E-state index contributed by atoms with van der Waals surface area (Å²) in [4.78, 5) is 12.9. The number of carbonyl (C=O) groups excluding carboxylic acids is 1. The number of thiophene rings is 1. The van der Waals surface area contributed by atoms with Crippen molar-refractivity contribution in [3.05, 3.63) is 34.8 Å². The topological polar surface area (TPSA) is 72.9 Å². The molecule has 0 aromatic carbocycles. The lowest BCUT2D eigenvalue weighted by molar-refractivity contribution is -0.121. The van der Waals surface area contributed by atoms with E-state index >= 15 is 0 Å². The van der Waals surface area contributed by atoms with Crippen molar-refractivity contribution >= 4 is 22.9 Å². The van der Waals surface area contributed by atoms with Gasteiger partial charge in [-0.2, -0.15) is 5.10 Å². The number of nitrogens with two attached hydrogens (primary N) is 1. The number of rotatable bonds is 7. The second-order valence-electron chi connectivity index (χ2n) is 4.32. The van der Waals surface area contributed by atoms with Gasteiger partial charge in [0.1, 0.15) is 0 Å². The van der Waals surface area contributed by atoms with Crippen LogP contribution in [-0.2, 0) is 17.8 Å². The lowest BCUT2D eigenvalue weighted by atomic mass is 10.2. The molecule has 0 radical (unpaired) electrons. The fraction of sp³-hybridized carbons (Fsp3) is 0.385. The average Bonchev–Trinajstić information content (AvgIpc) is 3.01. The van der Waals surface area contributed by atoms with Gasteiger partial charge in [-0.05, 0) is 24.3 Å². The van der Waals surface area contributed by atoms with Crippen molar-refractivity contribution in [1.29, 1.82) is 0 Å². The van der Waals surface area contributed by atoms with Crippen molar-refractivity contribution in [2.45, 2.75) is 25.8 Å². The molecular formula is C13H18N4OS. The highest BCUT2D eigenvalue weighted by Crippen LogP contribution is 2.11. The number of aryl methyl sites for hydroxylation is 1. The van der Waals surface area contributed by atoms with Crippen molar-refractivity contribution in [3.8, 4) is 0 Å². The minimum absolute atomic E-state index is 0.0942. The van der Waals surface area contributed by atoms with Crippen LogP contribution in [0, 0.1) is 0 Å². The van der Waals surface area contributed by atoms with Crippen LogP contribution in [0.15, 0.2) is 29.9 Å². The summed E-state index contributed by atoms with van der Waals surface area (Å²) in [7, 11) is 0. The molecule has 19 heavy (non-hydrogen) atoms. The van der Waals surface area contributed by atoms with Crippen molar-refractivity contribution in [2.24, 2.45) is 0 Å². The van der Waals surface area contributed by atoms with Crippen molar-refractivity contribution in [2.75, 3.05) is 12.3 Å². The van der Waals surface area contributed by atoms with E-state index in [4.69, 9.17) is 5.73 Å². The predicted molar refractivity (Wildman–Crippen MR) is 76.9 cm³/mol. The molecule has 2 aromatic heterocycles. The summed E-state index contributed by atoms with van der Waals surface area (Å²) in [5.74, 6) is 0.0942. The zero-order valence-electron chi connectivity index (χ0n) is 10.7. The second-order valence-corrected chi connectivity index (χ2v) is 5.35. The first kappa shape index (κ1) is 13.6. The Morgan fingerprint density at radius 3 is 3.11 bits per heavy atom. The van der Waals surface area contributed by atoms with Crippen LogP contribution in [0.1, 0.15) is 17.7 Å². The molecule has 2 rings (SSSR count). The van der Waals surface area contributed by atoms with Crippen molar-refractivity contribution < 1.29 is 4.79 Å². The van der Waals surface area contributed by atoms with Gasteiger partial charge in [0.05, 0.1) is 18.4 Å². The Balaban J connectivity index is 1.57. The summed E-state index contributed by atoms with van der Waals surface area (Å²) >= 11 is 1.74. The van der Waals surface area contributed by atoms with Gasteiger partial charge in [-0.3, -0.25) is 9.48 Å². The molecule has 0 bridgehead atoms. The van der Waals surface area contributed by atoms with Crippen molar-refractivity contribution in [1.82, 2.24) is 15.1 Å². The molecule has 2 heterocycles. The number of aromatic nitrogens is 2. The first-order chi connectivity index (χ1) is 9.24. The largest absolute Gasteiger partial charge is 0.396 e. The molecule has 6 heteroatoms. The Morgan fingerprint density at radius 2 is 2.42 bits per heavy atom. The van der Waals surface area contributed by atoms with Gasteiger partial charge >= 0.3 is 0 Å². The van der Waals surface area contributed by atoms with E-state index in [0.29, 0.717) is 25.2 Å². The van der Waals surface area contributed by atoms with Gasteiger partial charge in [0, 0.05) is 24.0 Å². The van der Waals surface area contributed by atoms with Crippen LogP contribution in [0.5, 0.6) is 0 Å². The number of amides is 1. The van der Waals surface area contributed by atoms with E-state index in [1.54, 1.807) is 28.4 Å². The maximum atomic E-state index is 11.6. The SMILES string of the molecule is Nc1cnn(CCNC(=O)CCCc2cccs2)c1. The summed E-state index contributed by atoms with van der Waals surface area (Å²) in [5, 5.41) is 8.99. The molecule has 0 atom stereocenters. The van der Waals surface area contributed by atoms with Crippen LogP contribution in [0.3, 0.4) is 0 Å². The van der Waals surface area contributed by atoms with Gasteiger partial charge in [-0.15, -0.1) is 11.3 Å². The molecule has 2 aromatic rings. The summed E-state index contributed by atoms with van der Waals surface area (Å²) in [6, 6.07) is 4.14. The molecule has 0 spiro atoms. The Morgan fingerprint density at radius 1 is 1.53 bits per heavy atom. The van der Waals surface area contributed by atoms with Crippen LogP contribution in [0.25, 0.3) is 0 Å². The molecule has 0 aliphatic rings. The maximum absolute atomic E-state index is 11.6. The number of carbonyl (C=O) groups is 1. The Kier molecular flexibility index (Phi) is 4.97. The third-order valence-corrected chi connectivity index (χ3v) is 3.66. The fourth-order valence-electron chi connectivity index (χ4n) is 1.78. The molecule has 102 valence electrons. The molecule has 0 unspecified atom stereocenters. The van der Waals surface area contributed by atoms with E-state index in [0.717, 1.165) is 12.8 Å². The third kappa shape index (κ3) is 4.75. The maximum Gasteiger partial charge on any atom is 0.220 e. The molecule has 0 aliphatic heterocycles. The number of nitrogen functional groups attached to an aromatic ring is 1. The molecule has 5 nitrogen and oxygen atoms in total. The molecule has 1 amide bonds. The first-order valence-electron chi connectivity index (χ1n) is 6.31. The van der Waals surface area contributed by atoms with Gasteiger partial charge in [0.25, 0.3) is 0 Å². The van der Waals surface area contributed by atoms with Crippen molar-refractivity contribution in [3.63, 3.8) is 0 Å². The van der Waals surface area contributed by atoms with E-state index in [1.165, 1.54) is 4.88 Å². The highest BCUT2D eigenvalue weighted by Gasteiger charge is 2.02. The zero-order valence-corrected chi connectivity index (χ0v) is 11.5. The predicted octanol–water partition coefficient (Wildman–Crippen LogP) is 1.67. The van der Waals surface area contributed by atoms with E-state index in [9.17, 15) is 4.79 Å². The van der Waals surface area contributed by atoms with Crippen LogP contribution in [0.4, 0.5) is 5.69 Å². The summed E-state index contributed by atoms with van der Waals surface area (Å²) in [6.07, 6.45) is 5.78. The number of hydrogen-bond donors (Lipinski definition) is 2. The number of nitrogens with one attached hydrogen (secondary N) is 1. The molecule has 0 saturated heterocycles. The summed E-state index contributed by atoms with van der Waals surface area (Å²) < 4.78 is 1.72. The number of hydrogen-bond acceptors (Lipinski definition) is 4. The second kappa shape index (κ2) is 6.94. The van der Waals surface area contributed by atoms with E-state index in [-0.39, 0.29) is 5.91 Å². The van der Waals surface area contributed by atoms with Crippen LogP contribution in [0.2, 0.25) is 0 Å². The minimum atomic E-state index is 0.0942. The molecule has 3 N–H and O–H groups in total. The van der Waals surface area contributed by atoms with Gasteiger partial charge in [-0.25, -0.2) is 0 Å². The highest BCUT2D eigenvalue weighted by atomic mass is 32.1. The smallest absolute Gasteiger partial charge is 0.220 e. The van der Waals surface area contributed by atoms with E-state index in [2.05, 4.69) is 21.9 Å². The minimum Gasteiger partial charge on any atom is -0.396 e. The van der Waals surface area contributed by atoms with E-state index < -0.39 is 0 Å². The number of anilines is 1. The van der Waals surface area contributed by atoms with Gasteiger partial charge in [0.15, 0.2) is 0 Å². The standard InChI is InChI=1S/C13H18N4OS/c14-11-9-16-17(10-11)7-6-15-13(18)5-1-3-12-4-2-8-19-12/h2,4,8-10H,1,3,5-7,14H2,(H,15,18). The zero-order chi connectivity index (χ0) is 13.5. The quantitative estimate of drug-likeness (QED) is 0.809. The normalized spacial score (nSPS) is 10.5. The monoisotopic (exact) mass is 278 g/mol. The summed E-state index contributed by atoms with van der Waals surface area (Å²) in [6.45, 7) is 1.23. The molecule has 0 fully saturated rings. The average molecular weight is 278 g/mol. The van der Waals surface area contributed by atoms with Crippen LogP contribution >= 0.6 is 11.3 Å². The lowest BCUT2D eigenvalue weighted by Crippen LogP contribution is -2.27. The van der Waals surface area contributed by atoms with Gasteiger partial charge < -0.3 is 11.1 Å². The van der Waals surface area contributed by atoms with Crippen LogP contribution < -0.4 is 11.1 Å². The lowest BCUT2D eigenvalue weighted by Gasteiger charge is -2.05. The number of nitrogens with zero attached hydrogens (tertiary/aromatic N) is 2. The van der Waals surface area contributed by atoms with E-state index in [1.807, 2.05) is 6.07 Å².